The number of rotatable bonds is 10. The summed E-state index contributed by atoms with van der Waals surface area (Å²) in [5.41, 5.74) is 1.59. The average Bonchev–Trinajstić information content (AvgIpc) is 2.68. The number of nitrogens with one attached hydrogen (secondary N) is 2. The van der Waals surface area contributed by atoms with Gasteiger partial charge >= 0.3 is 6.61 Å². The van der Waals surface area contributed by atoms with Gasteiger partial charge in [-0.15, -0.1) is 0 Å². The highest BCUT2D eigenvalue weighted by atomic mass is 19.3. The molecule has 158 valence electrons. The highest BCUT2D eigenvalue weighted by molar-refractivity contribution is 5.79. The van der Waals surface area contributed by atoms with Crippen LogP contribution in [0.15, 0.2) is 23.2 Å². The third-order valence-corrected chi connectivity index (χ3v) is 4.32. The first-order valence-corrected chi connectivity index (χ1v) is 9.84. The Bertz CT molecular complexity index is 608. The van der Waals surface area contributed by atoms with Crippen molar-refractivity contribution in [3.05, 3.63) is 29.3 Å². The quantitative estimate of drug-likeness (QED) is 0.359. The van der Waals surface area contributed by atoms with Crippen LogP contribution in [0.3, 0.4) is 0 Å². The maximum absolute atomic E-state index is 12.6. The molecular formula is C20H31F2N3O3. The number of hydrogen-bond acceptors (Lipinski definition) is 4. The maximum atomic E-state index is 12.6. The van der Waals surface area contributed by atoms with Crippen molar-refractivity contribution in [3.63, 3.8) is 0 Å². The molecule has 0 aliphatic carbocycles. The van der Waals surface area contributed by atoms with Gasteiger partial charge in [0.1, 0.15) is 5.75 Å². The Morgan fingerprint density at radius 1 is 1.29 bits per heavy atom. The largest absolute Gasteiger partial charge is 0.434 e. The molecule has 0 unspecified atom stereocenters. The molecule has 0 amide bonds. The molecule has 0 atom stereocenters. The van der Waals surface area contributed by atoms with Crippen LogP contribution in [0.25, 0.3) is 0 Å². The summed E-state index contributed by atoms with van der Waals surface area (Å²) in [4.78, 5) is 4.49. The van der Waals surface area contributed by atoms with Crippen molar-refractivity contribution >= 4 is 5.96 Å². The molecular weight excluding hydrogens is 368 g/mol. The molecule has 28 heavy (non-hydrogen) atoms. The second kappa shape index (κ2) is 12.5. The van der Waals surface area contributed by atoms with E-state index in [1.807, 2.05) is 19.9 Å². The highest BCUT2D eigenvalue weighted by Gasteiger charge is 2.13. The monoisotopic (exact) mass is 399 g/mol. The number of benzene rings is 1. The van der Waals surface area contributed by atoms with Crippen LogP contribution in [-0.2, 0) is 16.0 Å². The van der Waals surface area contributed by atoms with E-state index in [1.165, 1.54) is 0 Å². The van der Waals surface area contributed by atoms with Crippen LogP contribution < -0.4 is 15.4 Å². The molecule has 2 rings (SSSR count). The van der Waals surface area contributed by atoms with E-state index in [1.54, 1.807) is 12.1 Å². The van der Waals surface area contributed by atoms with E-state index in [2.05, 4.69) is 20.4 Å². The zero-order valence-electron chi connectivity index (χ0n) is 16.7. The lowest BCUT2D eigenvalue weighted by Crippen LogP contribution is -2.38. The van der Waals surface area contributed by atoms with Crippen LogP contribution in [0, 0.1) is 6.92 Å². The van der Waals surface area contributed by atoms with E-state index in [4.69, 9.17) is 9.47 Å². The summed E-state index contributed by atoms with van der Waals surface area (Å²) in [6.45, 7) is 4.92. The minimum Gasteiger partial charge on any atom is -0.434 e. The second-order valence-electron chi connectivity index (χ2n) is 6.65. The zero-order chi connectivity index (χ0) is 20.2. The Morgan fingerprint density at radius 3 is 2.79 bits per heavy atom. The third kappa shape index (κ3) is 8.39. The number of halogens is 2. The SMILES string of the molecule is CCNC(=NCc1cc(C)ccc1OC(F)F)NCCCOC1CCOCC1. The van der Waals surface area contributed by atoms with Gasteiger partial charge < -0.3 is 24.8 Å². The van der Waals surface area contributed by atoms with Crippen LogP contribution in [0.4, 0.5) is 8.78 Å². The minimum absolute atomic E-state index is 0.157. The first-order valence-electron chi connectivity index (χ1n) is 9.84. The molecule has 2 N–H and O–H groups in total. The number of ether oxygens (including phenoxy) is 3. The lowest BCUT2D eigenvalue weighted by molar-refractivity contribution is -0.0504. The van der Waals surface area contributed by atoms with Gasteiger partial charge in [0.2, 0.25) is 0 Å². The molecule has 0 spiro atoms. The van der Waals surface area contributed by atoms with Crippen molar-refractivity contribution in [2.24, 2.45) is 4.99 Å². The molecule has 0 aromatic heterocycles. The molecule has 1 aromatic rings. The first kappa shape index (κ1) is 22.4. The summed E-state index contributed by atoms with van der Waals surface area (Å²) < 4.78 is 41.0. The Balaban J connectivity index is 1.82. The molecule has 0 radical (unpaired) electrons. The Hall–Kier alpha value is -1.93. The van der Waals surface area contributed by atoms with E-state index in [0.717, 1.165) is 38.0 Å². The van der Waals surface area contributed by atoms with Crippen molar-refractivity contribution in [1.82, 2.24) is 10.6 Å². The fourth-order valence-corrected chi connectivity index (χ4v) is 2.92. The van der Waals surface area contributed by atoms with Gasteiger partial charge in [0, 0.05) is 38.5 Å². The van der Waals surface area contributed by atoms with Crippen LogP contribution >= 0.6 is 0 Å². The lowest BCUT2D eigenvalue weighted by Gasteiger charge is -2.22. The molecule has 1 aliphatic heterocycles. The summed E-state index contributed by atoms with van der Waals surface area (Å²) in [7, 11) is 0. The smallest absolute Gasteiger partial charge is 0.387 e. The van der Waals surface area contributed by atoms with E-state index >= 15 is 0 Å². The first-order chi connectivity index (χ1) is 13.6. The molecule has 1 aliphatic rings. The molecule has 0 saturated carbocycles. The predicted molar refractivity (Wildman–Crippen MR) is 105 cm³/mol. The molecule has 1 saturated heterocycles. The van der Waals surface area contributed by atoms with Crippen molar-refractivity contribution in [3.8, 4) is 5.75 Å². The summed E-state index contributed by atoms with van der Waals surface area (Å²) in [6, 6.07) is 5.11. The predicted octanol–water partition coefficient (Wildman–Crippen LogP) is 3.24. The summed E-state index contributed by atoms with van der Waals surface area (Å²) in [6.07, 6.45) is 3.06. The van der Waals surface area contributed by atoms with Gasteiger partial charge in [-0.2, -0.15) is 8.78 Å². The second-order valence-corrected chi connectivity index (χ2v) is 6.65. The fraction of sp³-hybridized carbons (Fsp3) is 0.650. The van der Waals surface area contributed by atoms with E-state index < -0.39 is 6.61 Å². The minimum atomic E-state index is -2.85. The summed E-state index contributed by atoms with van der Waals surface area (Å²) >= 11 is 0. The molecule has 6 nitrogen and oxygen atoms in total. The molecule has 1 fully saturated rings. The topological polar surface area (TPSA) is 64.1 Å². The Morgan fingerprint density at radius 2 is 2.07 bits per heavy atom. The number of guanidine groups is 1. The molecule has 8 heteroatoms. The Kier molecular flexibility index (Phi) is 9.99. The van der Waals surface area contributed by atoms with Gasteiger partial charge in [-0.3, -0.25) is 0 Å². The number of aliphatic imine (C=N–C) groups is 1. The highest BCUT2D eigenvalue weighted by Crippen LogP contribution is 2.22. The molecule has 1 aromatic carbocycles. The van der Waals surface area contributed by atoms with Crippen LogP contribution in [0.2, 0.25) is 0 Å². The van der Waals surface area contributed by atoms with Gasteiger partial charge in [-0.1, -0.05) is 17.7 Å². The van der Waals surface area contributed by atoms with Gasteiger partial charge in [-0.25, -0.2) is 4.99 Å². The van der Waals surface area contributed by atoms with Gasteiger partial charge in [-0.05, 0) is 39.2 Å². The average molecular weight is 399 g/mol. The van der Waals surface area contributed by atoms with Crippen molar-refractivity contribution in [2.75, 3.05) is 32.9 Å². The van der Waals surface area contributed by atoms with E-state index in [0.29, 0.717) is 37.3 Å². The normalized spacial score (nSPS) is 15.7. The third-order valence-electron chi connectivity index (χ3n) is 4.32. The maximum Gasteiger partial charge on any atom is 0.387 e. The van der Waals surface area contributed by atoms with Gasteiger partial charge in [0.15, 0.2) is 5.96 Å². The summed E-state index contributed by atoms with van der Waals surface area (Å²) in [5.74, 6) is 0.795. The van der Waals surface area contributed by atoms with E-state index in [9.17, 15) is 8.78 Å². The number of aryl methyl sites for hydroxylation is 1. The van der Waals surface area contributed by atoms with Crippen molar-refractivity contribution in [2.45, 2.75) is 52.4 Å². The molecule has 0 bridgehead atoms. The van der Waals surface area contributed by atoms with Gasteiger partial charge in [0.05, 0.1) is 12.6 Å². The van der Waals surface area contributed by atoms with Crippen LogP contribution in [0.1, 0.15) is 37.3 Å². The van der Waals surface area contributed by atoms with Crippen LogP contribution in [-0.4, -0.2) is 51.6 Å². The Labute approximate surface area is 165 Å². The van der Waals surface area contributed by atoms with Crippen molar-refractivity contribution < 1.29 is 23.0 Å². The standard InChI is InChI=1S/C20H31F2N3O3/c1-3-23-20(24-9-4-10-27-17-7-11-26-12-8-17)25-14-16-13-15(2)5-6-18(16)28-19(21)22/h5-6,13,17,19H,3-4,7-12,14H2,1-2H3,(H2,23,24,25). The number of alkyl halides is 2. The molecule has 1 heterocycles. The summed E-state index contributed by atoms with van der Waals surface area (Å²) in [5, 5.41) is 6.41. The van der Waals surface area contributed by atoms with Crippen molar-refractivity contribution in [1.29, 1.82) is 0 Å². The lowest BCUT2D eigenvalue weighted by atomic mass is 10.1. The van der Waals surface area contributed by atoms with E-state index in [-0.39, 0.29) is 12.3 Å². The zero-order valence-corrected chi connectivity index (χ0v) is 16.7. The van der Waals surface area contributed by atoms with Gasteiger partial charge in [0.25, 0.3) is 0 Å². The fourth-order valence-electron chi connectivity index (χ4n) is 2.92. The van der Waals surface area contributed by atoms with Crippen LogP contribution in [0.5, 0.6) is 5.75 Å². The number of nitrogens with zero attached hydrogens (tertiary/aromatic N) is 1. The number of hydrogen-bond donors (Lipinski definition) is 2.